The molecule has 0 aliphatic carbocycles. The van der Waals surface area contributed by atoms with Crippen molar-refractivity contribution in [3.63, 3.8) is 0 Å². The number of hydrogen-bond acceptors (Lipinski definition) is 7. The van der Waals surface area contributed by atoms with Crippen molar-refractivity contribution < 1.29 is 4.74 Å². The first-order valence-corrected chi connectivity index (χ1v) is 6.03. The molecule has 1 N–H and O–H groups in total. The van der Waals surface area contributed by atoms with Crippen LogP contribution in [0.5, 0.6) is 6.01 Å². The molecule has 7 nitrogen and oxygen atoms in total. The molecule has 100 valence electrons. The van der Waals surface area contributed by atoms with Gasteiger partial charge in [-0.1, -0.05) is 0 Å². The van der Waals surface area contributed by atoms with E-state index in [9.17, 15) is 0 Å². The molecule has 18 heavy (non-hydrogen) atoms. The van der Waals surface area contributed by atoms with E-state index in [4.69, 9.17) is 4.74 Å². The van der Waals surface area contributed by atoms with Gasteiger partial charge < -0.3 is 19.9 Å². The van der Waals surface area contributed by atoms with Crippen LogP contribution in [0.1, 0.15) is 6.42 Å². The van der Waals surface area contributed by atoms with Gasteiger partial charge >= 0.3 is 6.01 Å². The molecule has 2 heterocycles. The minimum atomic E-state index is 0.345. The summed E-state index contributed by atoms with van der Waals surface area (Å²) in [6.45, 7) is 1.89. The third kappa shape index (κ3) is 2.61. The van der Waals surface area contributed by atoms with Crippen LogP contribution < -0.4 is 15.0 Å². The summed E-state index contributed by atoms with van der Waals surface area (Å²) in [4.78, 5) is 17.2. The minimum Gasteiger partial charge on any atom is -0.467 e. The number of nitrogens with one attached hydrogen (secondary N) is 1. The van der Waals surface area contributed by atoms with Crippen LogP contribution in [0.4, 0.5) is 11.9 Å². The lowest BCUT2D eigenvalue weighted by molar-refractivity contribution is 0.315. The number of ether oxygens (including phenoxy) is 1. The van der Waals surface area contributed by atoms with Crippen molar-refractivity contribution in [3.8, 4) is 6.01 Å². The summed E-state index contributed by atoms with van der Waals surface area (Å²) < 4.78 is 5.09. The van der Waals surface area contributed by atoms with Crippen LogP contribution in [-0.4, -0.2) is 67.2 Å². The first-order valence-electron chi connectivity index (χ1n) is 6.03. The fraction of sp³-hybridized carbons (Fsp3) is 0.727. The molecular weight excluding hydrogens is 232 g/mol. The normalized spacial score (nSPS) is 19.4. The Kier molecular flexibility index (Phi) is 3.81. The SMILES string of the molecule is CNc1nc(OC)nc(N2CCC(N(C)C)C2)n1. The molecule has 1 atom stereocenters. The number of likely N-dealkylation sites (N-methyl/N-ethyl adjacent to an activating group) is 1. The van der Waals surface area contributed by atoms with Crippen LogP contribution in [0.15, 0.2) is 0 Å². The lowest BCUT2D eigenvalue weighted by Crippen LogP contribution is -2.32. The molecule has 0 bridgehead atoms. The van der Waals surface area contributed by atoms with Gasteiger partial charge in [-0.3, -0.25) is 0 Å². The van der Waals surface area contributed by atoms with Gasteiger partial charge in [-0.2, -0.15) is 15.0 Å². The molecular formula is C11H20N6O. The molecule has 0 spiro atoms. The van der Waals surface area contributed by atoms with Crippen LogP contribution in [0.2, 0.25) is 0 Å². The van der Waals surface area contributed by atoms with Crippen LogP contribution in [-0.2, 0) is 0 Å². The van der Waals surface area contributed by atoms with Crippen molar-refractivity contribution in [3.05, 3.63) is 0 Å². The topological polar surface area (TPSA) is 66.4 Å². The molecule has 0 radical (unpaired) electrons. The Morgan fingerprint density at radius 1 is 1.33 bits per heavy atom. The summed E-state index contributed by atoms with van der Waals surface area (Å²) in [6.07, 6.45) is 1.12. The quantitative estimate of drug-likeness (QED) is 0.813. The van der Waals surface area contributed by atoms with Crippen molar-refractivity contribution in [2.24, 2.45) is 0 Å². The van der Waals surface area contributed by atoms with Crippen LogP contribution in [0, 0.1) is 0 Å². The molecule has 2 rings (SSSR count). The third-order valence-corrected chi connectivity index (χ3v) is 3.19. The first kappa shape index (κ1) is 12.8. The van der Waals surface area contributed by atoms with Gasteiger partial charge in [0.05, 0.1) is 7.11 Å². The molecule has 0 aromatic carbocycles. The molecule has 1 fully saturated rings. The van der Waals surface area contributed by atoms with E-state index in [0.717, 1.165) is 19.5 Å². The average Bonchev–Trinajstić information content (AvgIpc) is 2.87. The number of hydrogen-bond donors (Lipinski definition) is 1. The summed E-state index contributed by atoms with van der Waals surface area (Å²) in [5.74, 6) is 1.21. The molecule has 1 aliphatic rings. The number of anilines is 2. The van der Waals surface area contributed by atoms with E-state index in [1.54, 1.807) is 14.2 Å². The van der Waals surface area contributed by atoms with E-state index in [1.807, 2.05) is 0 Å². The number of methoxy groups -OCH3 is 1. The van der Waals surface area contributed by atoms with Crippen molar-refractivity contribution in [2.75, 3.05) is 51.6 Å². The lowest BCUT2D eigenvalue weighted by Gasteiger charge is -2.20. The van der Waals surface area contributed by atoms with Crippen molar-refractivity contribution >= 4 is 11.9 Å². The van der Waals surface area contributed by atoms with Crippen LogP contribution in [0.3, 0.4) is 0 Å². The average molecular weight is 252 g/mol. The fourth-order valence-electron chi connectivity index (χ4n) is 2.04. The van der Waals surface area contributed by atoms with E-state index in [1.165, 1.54) is 0 Å². The maximum Gasteiger partial charge on any atom is 0.322 e. The van der Waals surface area contributed by atoms with E-state index < -0.39 is 0 Å². The zero-order chi connectivity index (χ0) is 13.1. The van der Waals surface area contributed by atoms with E-state index >= 15 is 0 Å². The van der Waals surface area contributed by atoms with Gasteiger partial charge in [0.15, 0.2) is 0 Å². The van der Waals surface area contributed by atoms with Gasteiger partial charge in [-0.05, 0) is 20.5 Å². The van der Waals surface area contributed by atoms with E-state index in [0.29, 0.717) is 23.9 Å². The van der Waals surface area contributed by atoms with E-state index in [-0.39, 0.29) is 0 Å². The maximum absolute atomic E-state index is 5.09. The summed E-state index contributed by atoms with van der Waals surface area (Å²) in [5.41, 5.74) is 0. The fourth-order valence-corrected chi connectivity index (χ4v) is 2.04. The second-order valence-corrected chi connectivity index (χ2v) is 4.55. The van der Waals surface area contributed by atoms with E-state index in [2.05, 4.69) is 44.2 Å². The maximum atomic E-state index is 5.09. The molecule has 1 aliphatic heterocycles. The Bertz CT molecular complexity index is 388. The predicted octanol–water partition coefficient (Wildman–Crippen LogP) is 0.0622. The first-order chi connectivity index (χ1) is 8.63. The molecule has 1 aromatic heterocycles. The van der Waals surface area contributed by atoms with Crippen molar-refractivity contribution in [1.29, 1.82) is 0 Å². The third-order valence-electron chi connectivity index (χ3n) is 3.19. The largest absolute Gasteiger partial charge is 0.467 e. The highest BCUT2D eigenvalue weighted by atomic mass is 16.5. The molecule has 7 heteroatoms. The lowest BCUT2D eigenvalue weighted by atomic mass is 10.2. The predicted molar refractivity (Wildman–Crippen MR) is 70.2 cm³/mol. The molecule has 1 aromatic rings. The highest BCUT2D eigenvalue weighted by Gasteiger charge is 2.26. The Morgan fingerprint density at radius 2 is 2.11 bits per heavy atom. The van der Waals surface area contributed by atoms with Crippen molar-refractivity contribution in [1.82, 2.24) is 19.9 Å². The second kappa shape index (κ2) is 5.34. The Morgan fingerprint density at radius 3 is 2.67 bits per heavy atom. The highest BCUT2D eigenvalue weighted by molar-refractivity contribution is 5.39. The molecule has 0 amide bonds. The number of rotatable bonds is 4. The van der Waals surface area contributed by atoms with Gasteiger partial charge in [-0.25, -0.2) is 0 Å². The summed E-state index contributed by atoms with van der Waals surface area (Å²) in [7, 11) is 7.54. The summed E-state index contributed by atoms with van der Waals surface area (Å²) in [6, 6.07) is 0.892. The van der Waals surface area contributed by atoms with Crippen LogP contribution in [0.25, 0.3) is 0 Å². The standard InChI is InChI=1S/C11H20N6O/c1-12-9-13-10(15-11(14-9)18-4)17-6-5-8(7-17)16(2)3/h8H,5-7H2,1-4H3,(H,12,13,14,15). The Hall–Kier alpha value is -1.63. The number of aromatic nitrogens is 3. The summed E-state index contributed by atoms with van der Waals surface area (Å²) in [5, 5.41) is 2.92. The zero-order valence-corrected chi connectivity index (χ0v) is 11.3. The molecule has 1 saturated heterocycles. The van der Waals surface area contributed by atoms with Gasteiger partial charge in [0.2, 0.25) is 11.9 Å². The van der Waals surface area contributed by atoms with Gasteiger partial charge in [0, 0.05) is 26.2 Å². The zero-order valence-electron chi connectivity index (χ0n) is 11.3. The smallest absolute Gasteiger partial charge is 0.322 e. The number of nitrogens with zero attached hydrogens (tertiary/aromatic N) is 5. The summed E-state index contributed by atoms with van der Waals surface area (Å²) >= 11 is 0. The van der Waals surface area contributed by atoms with Crippen LogP contribution >= 0.6 is 0 Å². The molecule has 1 unspecified atom stereocenters. The van der Waals surface area contributed by atoms with Gasteiger partial charge in [0.25, 0.3) is 0 Å². The monoisotopic (exact) mass is 252 g/mol. The Balaban J connectivity index is 2.18. The second-order valence-electron chi connectivity index (χ2n) is 4.55. The van der Waals surface area contributed by atoms with Gasteiger partial charge in [-0.15, -0.1) is 0 Å². The molecule has 0 saturated carbocycles. The van der Waals surface area contributed by atoms with Crippen molar-refractivity contribution in [2.45, 2.75) is 12.5 Å². The highest BCUT2D eigenvalue weighted by Crippen LogP contribution is 2.21. The minimum absolute atomic E-state index is 0.345. The van der Waals surface area contributed by atoms with Gasteiger partial charge in [0.1, 0.15) is 0 Å². The Labute approximate surface area is 107 Å².